The predicted octanol–water partition coefficient (Wildman–Crippen LogP) is 3.90. The lowest BCUT2D eigenvalue weighted by molar-refractivity contribution is 0.200. The first-order valence-electron chi connectivity index (χ1n) is 6.87. The summed E-state index contributed by atoms with van der Waals surface area (Å²) in [6.45, 7) is 2.65. The van der Waals surface area contributed by atoms with Gasteiger partial charge in [-0.25, -0.2) is 0 Å². The predicted molar refractivity (Wildman–Crippen MR) is 82.2 cm³/mol. The molecule has 1 heterocycles. The summed E-state index contributed by atoms with van der Waals surface area (Å²) in [7, 11) is 0. The molecule has 1 aliphatic rings. The molecule has 0 radical (unpaired) electrons. The number of nitrogens with two attached hydrogens (primary N) is 1. The smallest absolute Gasteiger partial charge is 0.122 e. The summed E-state index contributed by atoms with van der Waals surface area (Å²) in [4.78, 5) is 0. The Morgan fingerprint density at radius 2 is 2.05 bits per heavy atom. The Morgan fingerprint density at radius 1 is 1.25 bits per heavy atom. The number of hydrogen-bond acceptors (Lipinski definition) is 2. The van der Waals surface area contributed by atoms with Crippen molar-refractivity contribution in [1.29, 1.82) is 0 Å². The molecule has 0 saturated carbocycles. The van der Waals surface area contributed by atoms with E-state index in [9.17, 15) is 0 Å². The molecule has 1 aliphatic heterocycles. The molecule has 3 heteroatoms. The van der Waals surface area contributed by atoms with Crippen LogP contribution in [0.2, 0.25) is 5.02 Å². The van der Waals surface area contributed by atoms with Gasteiger partial charge in [0.15, 0.2) is 0 Å². The van der Waals surface area contributed by atoms with Crippen molar-refractivity contribution in [3.63, 3.8) is 0 Å². The summed E-state index contributed by atoms with van der Waals surface area (Å²) in [5.41, 5.74) is 9.80. The van der Waals surface area contributed by atoms with Crippen LogP contribution in [0.1, 0.15) is 22.7 Å². The van der Waals surface area contributed by atoms with Gasteiger partial charge < -0.3 is 10.5 Å². The van der Waals surface area contributed by atoms with E-state index in [4.69, 9.17) is 22.1 Å². The molecule has 104 valence electrons. The molecule has 20 heavy (non-hydrogen) atoms. The number of halogens is 1. The molecular weight excluding hydrogens is 270 g/mol. The van der Waals surface area contributed by atoms with Crippen molar-refractivity contribution in [3.05, 3.63) is 64.2 Å². The third-order valence-corrected chi connectivity index (χ3v) is 4.40. The lowest BCUT2D eigenvalue weighted by atomic mass is 9.87. The summed E-state index contributed by atoms with van der Waals surface area (Å²) in [6, 6.07) is 14.2. The maximum Gasteiger partial charge on any atom is 0.122 e. The number of ether oxygens (including phenoxy) is 1. The van der Waals surface area contributed by atoms with E-state index in [-0.39, 0.29) is 12.0 Å². The number of benzene rings is 2. The van der Waals surface area contributed by atoms with Crippen LogP contribution in [0.15, 0.2) is 42.5 Å². The fourth-order valence-corrected chi connectivity index (χ4v) is 2.86. The molecule has 2 N–H and O–H groups in total. The van der Waals surface area contributed by atoms with E-state index in [0.717, 1.165) is 28.3 Å². The number of aryl methyl sites for hydroxylation is 1. The minimum absolute atomic E-state index is 0.0542. The topological polar surface area (TPSA) is 35.2 Å². The van der Waals surface area contributed by atoms with Gasteiger partial charge in [-0.05, 0) is 42.2 Å². The zero-order chi connectivity index (χ0) is 14.1. The third kappa shape index (κ3) is 2.54. The highest BCUT2D eigenvalue weighted by molar-refractivity contribution is 6.31. The van der Waals surface area contributed by atoms with E-state index in [1.165, 1.54) is 5.56 Å². The van der Waals surface area contributed by atoms with Gasteiger partial charge in [-0.15, -0.1) is 0 Å². The first-order chi connectivity index (χ1) is 9.65. The molecule has 2 aromatic rings. The second kappa shape index (κ2) is 5.47. The van der Waals surface area contributed by atoms with Crippen LogP contribution in [-0.4, -0.2) is 6.61 Å². The summed E-state index contributed by atoms with van der Waals surface area (Å²) < 4.78 is 5.82. The molecule has 0 spiro atoms. The van der Waals surface area contributed by atoms with Crippen molar-refractivity contribution >= 4 is 11.6 Å². The van der Waals surface area contributed by atoms with Gasteiger partial charge >= 0.3 is 0 Å². The van der Waals surface area contributed by atoms with Crippen molar-refractivity contribution in [2.24, 2.45) is 11.7 Å². The number of hydrogen-bond donors (Lipinski definition) is 1. The van der Waals surface area contributed by atoms with Gasteiger partial charge in [0.05, 0.1) is 6.61 Å². The fraction of sp³-hybridized carbons (Fsp3) is 0.294. The van der Waals surface area contributed by atoms with Gasteiger partial charge in [0.1, 0.15) is 5.75 Å². The summed E-state index contributed by atoms with van der Waals surface area (Å²) in [6.07, 6.45) is 0.947. The molecule has 0 fully saturated rings. The van der Waals surface area contributed by atoms with E-state index in [1.807, 2.05) is 37.3 Å². The Kier molecular flexibility index (Phi) is 3.68. The van der Waals surface area contributed by atoms with Gasteiger partial charge in [-0.3, -0.25) is 0 Å². The van der Waals surface area contributed by atoms with Gasteiger partial charge in [0.2, 0.25) is 0 Å². The molecule has 3 rings (SSSR count). The molecule has 2 atom stereocenters. The van der Waals surface area contributed by atoms with Crippen LogP contribution >= 0.6 is 11.6 Å². The van der Waals surface area contributed by atoms with Crippen molar-refractivity contribution in [2.75, 3.05) is 6.61 Å². The van der Waals surface area contributed by atoms with E-state index in [1.54, 1.807) is 0 Å². The average Bonchev–Trinajstić information content (AvgIpc) is 2.49. The van der Waals surface area contributed by atoms with Crippen LogP contribution < -0.4 is 10.5 Å². The Morgan fingerprint density at radius 3 is 2.85 bits per heavy atom. The standard InChI is InChI=1S/C17H18ClNO/c1-11-6-7-13(9-15(11)18)17(19)14-8-12-4-2-3-5-16(12)20-10-14/h2-7,9,14,17H,8,10,19H2,1H3. The van der Waals surface area contributed by atoms with Crippen molar-refractivity contribution < 1.29 is 4.74 Å². The molecule has 0 bridgehead atoms. The van der Waals surface area contributed by atoms with Crippen molar-refractivity contribution in [2.45, 2.75) is 19.4 Å². The average molecular weight is 288 g/mol. The first kappa shape index (κ1) is 13.5. The SMILES string of the molecule is Cc1ccc(C(N)C2COc3ccccc3C2)cc1Cl. The highest BCUT2D eigenvalue weighted by Gasteiger charge is 2.26. The van der Waals surface area contributed by atoms with Crippen LogP contribution in [-0.2, 0) is 6.42 Å². The van der Waals surface area contributed by atoms with Crippen LogP contribution in [0.25, 0.3) is 0 Å². The lowest BCUT2D eigenvalue weighted by Gasteiger charge is -2.30. The summed E-state index contributed by atoms with van der Waals surface area (Å²) >= 11 is 6.19. The van der Waals surface area contributed by atoms with E-state index < -0.39 is 0 Å². The lowest BCUT2D eigenvalue weighted by Crippen LogP contribution is -2.31. The second-order valence-corrected chi connectivity index (χ2v) is 5.82. The van der Waals surface area contributed by atoms with Crippen molar-refractivity contribution in [3.8, 4) is 5.75 Å². The van der Waals surface area contributed by atoms with Crippen LogP contribution in [0, 0.1) is 12.8 Å². The molecule has 2 nitrogen and oxygen atoms in total. The minimum Gasteiger partial charge on any atom is -0.493 e. The normalized spacial score (nSPS) is 19.1. The van der Waals surface area contributed by atoms with Gasteiger partial charge in [0.25, 0.3) is 0 Å². The molecule has 0 saturated heterocycles. The minimum atomic E-state index is -0.0542. The summed E-state index contributed by atoms with van der Waals surface area (Å²) in [5.74, 6) is 1.27. The van der Waals surface area contributed by atoms with Crippen LogP contribution in [0.5, 0.6) is 5.75 Å². The highest BCUT2D eigenvalue weighted by atomic mass is 35.5. The summed E-state index contributed by atoms with van der Waals surface area (Å²) in [5, 5.41) is 0.773. The van der Waals surface area contributed by atoms with Gasteiger partial charge in [-0.2, -0.15) is 0 Å². The van der Waals surface area contributed by atoms with E-state index >= 15 is 0 Å². The molecule has 0 aliphatic carbocycles. The Balaban J connectivity index is 1.82. The Hall–Kier alpha value is -1.51. The molecule has 2 aromatic carbocycles. The van der Waals surface area contributed by atoms with Crippen molar-refractivity contribution in [1.82, 2.24) is 0 Å². The second-order valence-electron chi connectivity index (χ2n) is 5.42. The number of fused-ring (bicyclic) bond motifs is 1. The zero-order valence-electron chi connectivity index (χ0n) is 11.5. The highest BCUT2D eigenvalue weighted by Crippen LogP contribution is 2.33. The van der Waals surface area contributed by atoms with Crippen LogP contribution in [0.3, 0.4) is 0 Å². The zero-order valence-corrected chi connectivity index (χ0v) is 12.2. The number of rotatable bonds is 2. The molecular formula is C17H18ClNO. The maximum atomic E-state index is 6.41. The van der Waals surface area contributed by atoms with Crippen LogP contribution in [0.4, 0.5) is 0 Å². The van der Waals surface area contributed by atoms with E-state index in [0.29, 0.717) is 6.61 Å². The Labute approximate surface area is 124 Å². The Bertz CT molecular complexity index is 626. The van der Waals surface area contributed by atoms with Gasteiger partial charge in [0, 0.05) is 17.0 Å². The third-order valence-electron chi connectivity index (χ3n) is 4.00. The van der Waals surface area contributed by atoms with E-state index in [2.05, 4.69) is 12.1 Å². The first-order valence-corrected chi connectivity index (χ1v) is 7.25. The molecule has 0 amide bonds. The monoisotopic (exact) mass is 287 g/mol. The fourth-order valence-electron chi connectivity index (χ4n) is 2.67. The van der Waals surface area contributed by atoms with Gasteiger partial charge in [-0.1, -0.05) is 41.9 Å². The quantitative estimate of drug-likeness (QED) is 0.909. The molecule has 2 unspecified atom stereocenters. The largest absolute Gasteiger partial charge is 0.493 e. The maximum absolute atomic E-state index is 6.41. The number of para-hydroxylation sites is 1. The molecule has 0 aromatic heterocycles.